The molecule has 0 unspecified atom stereocenters. The number of hydrogen-bond acceptors (Lipinski definition) is 7. The Balaban J connectivity index is 2.71. The van der Waals surface area contributed by atoms with Crippen molar-refractivity contribution in [2.45, 2.75) is 0 Å². The molecule has 2 aromatic rings. The lowest BCUT2D eigenvalue weighted by Gasteiger charge is -2.07. The number of aliphatic imine (C=N–C) groups is 2. The summed E-state index contributed by atoms with van der Waals surface area (Å²) in [6.45, 7) is 0. The fourth-order valence-corrected chi connectivity index (χ4v) is 1.68. The fraction of sp³-hybridized carbons (Fsp3) is 0.357. The highest BCUT2D eigenvalue weighted by Gasteiger charge is 2.14. The second kappa shape index (κ2) is 6.82. The van der Waals surface area contributed by atoms with Crippen molar-refractivity contribution in [3.8, 4) is 6.07 Å². The van der Waals surface area contributed by atoms with E-state index in [0.29, 0.717) is 0 Å². The van der Waals surface area contributed by atoms with Gasteiger partial charge in [0.15, 0.2) is 22.7 Å². The van der Waals surface area contributed by atoms with Gasteiger partial charge in [0.2, 0.25) is 5.95 Å². The van der Waals surface area contributed by atoms with E-state index in [4.69, 9.17) is 0 Å². The van der Waals surface area contributed by atoms with Gasteiger partial charge in [-0.25, -0.2) is 20.0 Å². The van der Waals surface area contributed by atoms with Crippen molar-refractivity contribution in [1.29, 1.82) is 5.26 Å². The zero-order chi connectivity index (χ0) is 17.9. The number of nitrogens with zero attached hydrogens (tertiary/aromatic N) is 9. The Morgan fingerprint density at radius 1 is 1.08 bits per heavy atom. The molecule has 0 aliphatic carbocycles. The van der Waals surface area contributed by atoms with Crippen LogP contribution in [-0.4, -0.2) is 70.2 Å². The van der Waals surface area contributed by atoms with Crippen LogP contribution in [0.15, 0.2) is 14.8 Å². The second-order valence-electron chi connectivity index (χ2n) is 5.37. The summed E-state index contributed by atoms with van der Waals surface area (Å²) in [5.74, 6) is 0.282. The van der Waals surface area contributed by atoms with E-state index < -0.39 is 5.56 Å². The minimum absolute atomic E-state index is 0.00153. The van der Waals surface area contributed by atoms with Crippen molar-refractivity contribution >= 4 is 35.6 Å². The van der Waals surface area contributed by atoms with Gasteiger partial charge in [0.05, 0.1) is 12.7 Å². The molecule has 0 aliphatic rings. The lowest BCUT2D eigenvalue weighted by Crippen LogP contribution is -2.20. The van der Waals surface area contributed by atoms with Gasteiger partial charge < -0.3 is 9.80 Å². The third-order valence-electron chi connectivity index (χ3n) is 2.79. The molecule has 0 aromatic carbocycles. The van der Waals surface area contributed by atoms with Gasteiger partial charge in [0, 0.05) is 35.2 Å². The van der Waals surface area contributed by atoms with Crippen LogP contribution in [0.25, 0.3) is 11.2 Å². The van der Waals surface area contributed by atoms with Crippen LogP contribution in [0.2, 0.25) is 0 Å². The van der Waals surface area contributed by atoms with Crippen LogP contribution in [0.1, 0.15) is 5.69 Å². The van der Waals surface area contributed by atoms with Gasteiger partial charge in [-0.2, -0.15) is 10.2 Å². The van der Waals surface area contributed by atoms with E-state index in [1.165, 1.54) is 24.3 Å². The van der Waals surface area contributed by atoms with Crippen molar-refractivity contribution in [2.24, 2.45) is 17.0 Å². The number of fused-ring (bicyclic) bond motifs is 1. The Morgan fingerprint density at radius 2 is 1.71 bits per heavy atom. The van der Waals surface area contributed by atoms with E-state index in [9.17, 15) is 10.1 Å². The highest BCUT2D eigenvalue weighted by atomic mass is 16.1. The first-order chi connectivity index (χ1) is 11.3. The minimum atomic E-state index is -0.432. The highest BCUT2D eigenvalue weighted by Crippen LogP contribution is 2.17. The molecule has 2 aromatic heterocycles. The molecule has 0 aliphatic heterocycles. The third kappa shape index (κ3) is 3.52. The van der Waals surface area contributed by atoms with Gasteiger partial charge >= 0.3 is 0 Å². The van der Waals surface area contributed by atoms with E-state index >= 15 is 0 Å². The molecule has 0 fully saturated rings. The summed E-state index contributed by atoms with van der Waals surface area (Å²) in [6, 6.07) is 1.89. The molecule has 10 nitrogen and oxygen atoms in total. The Labute approximate surface area is 138 Å². The third-order valence-corrected chi connectivity index (χ3v) is 2.79. The first-order valence-corrected chi connectivity index (χ1v) is 6.93. The molecule has 124 valence electrons. The Kier molecular flexibility index (Phi) is 4.84. The van der Waals surface area contributed by atoms with E-state index in [1.54, 1.807) is 38.0 Å². The van der Waals surface area contributed by atoms with Crippen LogP contribution in [0.4, 0.5) is 11.8 Å². The maximum absolute atomic E-state index is 12.4. The van der Waals surface area contributed by atoms with E-state index in [2.05, 4.69) is 24.9 Å². The van der Waals surface area contributed by atoms with Gasteiger partial charge in [0.25, 0.3) is 5.56 Å². The van der Waals surface area contributed by atoms with Crippen molar-refractivity contribution < 1.29 is 0 Å². The van der Waals surface area contributed by atoms with Crippen LogP contribution in [-0.2, 0) is 7.05 Å². The van der Waals surface area contributed by atoms with Gasteiger partial charge in [-0.3, -0.25) is 9.36 Å². The normalized spacial score (nSPS) is 11.3. The largest absolute Gasteiger partial charge is 0.369 e. The molecule has 0 atom stereocenters. The van der Waals surface area contributed by atoms with Gasteiger partial charge in [-0.1, -0.05) is 0 Å². The lowest BCUT2D eigenvalue weighted by molar-refractivity contribution is 0.641. The second-order valence-corrected chi connectivity index (χ2v) is 5.37. The van der Waals surface area contributed by atoms with E-state index in [1.807, 2.05) is 6.07 Å². The summed E-state index contributed by atoms with van der Waals surface area (Å²) in [4.78, 5) is 36.5. The maximum atomic E-state index is 12.4. The summed E-state index contributed by atoms with van der Waals surface area (Å²) < 4.78 is 1.25. The van der Waals surface area contributed by atoms with Crippen LogP contribution in [0, 0.1) is 11.3 Å². The molecular formula is C14H17N9O. The summed E-state index contributed by atoms with van der Waals surface area (Å²) in [5, 5.41) is 9.20. The van der Waals surface area contributed by atoms with Crippen LogP contribution >= 0.6 is 0 Å². The maximum Gasteiger partial charge on any atom is 0.282 e. The molecule has 24 heavy (non-hydrogen) atoms. The van der Waals surface area contributed by atoms with E-state index in [0.717, 1.165) is 0 Å². The van der Waals surface area contributed by atoms with Gasteiger partial charge in [0.1, 0.15) is 6.07 Å². The zero-order valence-electron chi connectivity index (χ0n) is 14.1. The molecule has 0 bridgehead atoms. The Hall–Kier alpha value is -3.35. The molecule has 0 saturated heterocycles. The molecule has 0 saturated carbocycles. The van der Waals surface area contributed by atoms with Crippen LogP contribution < -0.4 is 5.56 Å². The number of rotatable bonds is 4. The van der Waals surface area contributed by atoms with Crippen LogP contribution in [0.3, 0.4) is 0 Å². The lowest BCUT2D eigenvalue weighted by atomic mass is 10.4. The van der Waals surface area contributed by atoms with Crippen molar-refractivity contribution in [3.05, 3.63) is 16.0 Å². The van der Waals surface area contributed by atoms with Crippen molar-refractivity contribution in [3.63, 3.8) is 0 Å². The number of hydrogen-bond donors (Lipinski definition) is 0. The first kappa shape index (κ1) is 17.0. The summed E-state index contributed by atoms with van der Waals surface area (Å²) in [6.07, 6.45) is 3.01. The Bertz CT molecular complexity index is 918. The number of aromatic nitrogens is 4. The smallest absolute Gasteiger partial charge is 0.282 e. The predicted octanol–water partition coefficient (Wildman–Crippen LogP) is 0.0380. The van der Waals surface area contributed by atoms with E-state index in [-0.39, 0.29) is 28.6 Å². The Morgan fingerprint density at radius 3 is 2.29 bits per heavy atom. The molecule has 0 spiro atoms. The average molecular weight is 327 g/mol. The molecule has 2 heterocycles. The molecule has 0 radical (unpaired) electrons. The number of nitriles is 1. The summed E-state index contributed by atoms with van der Waals surface area (Å²) in [7, 11) is 8.70. The van der Waals surface area contributed by atoms with Crippen LogP contribution in [0.5, 0.6) is 0 Å². The van der Waals surface area contributed by atoms with Crippen molar-refractivity contribution in [1.82, 2.24) is 29.3 Å². The quantitative estimate of drug-likeness (QED) is 0.575. The summed E-state index contributed by atoms with van der Waals surface area (Å²) >= 11 is 0. The average Bonchev–Trinajstić information content (AvgIpc) is 2.54. The highest BCUT2D eigenvalue weighted by molar-refractivity contribution is 5.74. The first-order valence-electron chi connectivity index (χ1n) is 6.93. The molecule has 10 heteroatoms. The fourth-order valence-electron chi connectivity index (χ4n) is 1.68. The SMILES string of the molecule is CN(C)C=Nc1nc2nc(N=CN(C)C)n(C)c(=O)c2nc1C#N. The van der Waals surface area contributed by atoms with Gasteiger partial charge in [-0.15, -0.1) is 0 Å². The molecule has 0 N–H and O–H groups in total. The standard InChI is InChI=1S/C14H17N9O/c1-21(2)7-16-11-9(6-15)18-10-12(19-11)20-14(17-8-22(3)4)23(5)13(10)24/h7-8H,1-5H3. The monoisotopic (exact) mass is 327 g/mol. The molecule has 2 rings (SSSR count). The zero-order valence-corrected chi connectivity index (χ0v) is 14.1. The summed E-state index contributed by atoms with van der Waals surface area (Å²) in [5.41, 5.74) is -0.377. The topological polar surface area (TPSA) is 116 Å². The molecular weight excluding hydrogens is 310 g/mol. The predicted molar refractivity (Wildman–Crippen MR) is 91.0 cm³/mol. The molecule has 0 amide bonds. The van der Waals surface area contributed by atoms with Crippen molar-refractivity contribution in [2.75, 3.05) is 28.2 Å². The van der Waals surface area contributed by atoms with Gasteiger partial charge in [-0.05, 0) is 0 Å². The minimum Gasteiger partial charge on any atom is -0.369 e.